The Kier molecular flexibility index (Phi) is 4.21. The number of ether oxygens (including phenoxy) is 1. The van der Waals surface area contributed by atoms with E-state index in [2.05, 4.69) is 11.4 Å². The normalized spacial score (nSPS) is 11.5. The number of hydrogen-bond acceptors (Lipinski definition) is 3. The van der Waals surface area contributed by atoms with Crippen molar-refractivity contribution in [3.05, 3.63) is 59.4 Å². The molecule has 102 valence electrons. The third-order valence-corrected chi connectivity index (χ3v) is 3.05. The fourth-order valence-electron chi connectivity index (χ4n) is 1.99. The number of nitrogens with one attached hydrogen (secondary N) is 1. The van der Waals surface area contributed by atoms with Gasteiger partial charge in [-0.05, 0) is 31.2 Å². The zero-order valence-electron chi connectivity index (χ0n) is 11.4. The number of nitriles is 1. The van der Waals surface area contributed by atoms with E-state index in [1.54, 1.807) is 30.3 Å². The van der Waals surface area contributed by atoms with Gasteiger partial charge in [-0.1, -0.05) is 12.1 Å². The molecule has 0 aliphatic heterocycles. The zero-order chi connectivity index (χ0) is 14.5. The molecule has 0 saturated heterocycles. The van der Waals surface area contributed by atoms with E-state index in [0.717, 1.165) is 5.69 Å². The highest BCUT2D eigenvalue weighted by Crippen LogP contribution is 2.25. The van der Waals surface area contributed by atoms with Gasteiger partial charge < -0.3 is 10.1 Å². The van der Waals surface area contributed by atoms with Crippen LogP contribution in [0.1, 0.15) is 24.1 Å². The van der Waals surface area contributed by atoms with E-state index in [-0.39, 0.29) is 11.9 Å². The second-order valence-electron chi connectivity index (χ2n) is 4.45. The highest BCUT2D eigenvalue weighted by Gasteiger charge is 2.11. The Bertz CT molecular complexity index is 649. The molecule has 0 radical (unpaired) electrons. The third-order valence-electron chi connectivity index (χ3n) is 3.05. The molecule has 20 heavy (non-hydrogen) atoms. The Morgan fingerprint density at radius 3 is 2.70 bits per heavy atom. The van der Waals surface area contributed by atoms with E-state index < -0.39 is 0 Å². The summed E-state index contributed by atoms with van der Waals surface area (Å²) < 4.78 is 18.9. The molecule has 2 aromatic carbocycles. The smallest absolute Gasteiger partial charge is 0.132 e. The molecule has 1 unspecified atom stereocenters. The summed E-state index contributed by atoms with van der Waals surface area (Å²) in [6.07, 6.45) is 0. The molecule has 0 aliphatic carbocycles. The van der Waals surface area contributed by atoms with Crippen LogP contribution in [0.5, 0.6) is 5.75 Å². The molecule has 2 aromatic rings. The lowest BCUT2D eigenvalue weighted by Crippen LogP contribution is -2.08. The summed E-state index contributed by atoms with van der Waals surface area (Å²) in [6, 6.07) is 13.7. The first-order valence-electron chi connectivity index (χ1n) is 6.24. The molecule has 0 fully saturated rings. The maximum atomic E-state index is 14.0. The second-order valence-corrected chi connectivity index (χ2v) is 4.45. The van der Waals surface area contributed by atoms with Crippen molar-refractivity contribution in [1.29, 1.82) is 5.26 Å². The van der Waals surface area contributed by atoms with Gasteiger partial charge in [0.2, 0.25) is 0 Å². The van der Waals surface area contributed by atoms with Crippen LogP contribution in [-0.2, 0) is 0 Å². The minimum atomic E-state index is -0.319. The SMILES string of the molecule is COc1ccc(C(C)Nc2cccc(C#N)c2)c(F)c1. The van der Waals surface area contributed by atoms with E-state index in [1.807, 2.05) is 13.0 Å². The molecule has 2 rings (SSSR count). The minimum Gasteiger partial charge on any atom is -0.497 e. The van der Waals surface area contributed by atoms with Gasteiger partial charge in [0.05, 0.1) is 24.8 Å². The van der Waals surface area contributed by atoms with E-state index in [4.69, 9.17) is 10.00 Å². The topological polar surface area (TPSA) is 45.0 Å². The van der Waals surface area contributed by atoms with Gasteiger partial charge in [0.1, 0.15) is 11.6 Å². The molecule has 0 heterocycles. The molecule has 0 aliphatic rings. The van der Waals surface area contributed by atoms with Crippen LogP contribution >= 0.6 is 0 Å². The molecule has 0 saturated carbocycles. The van der Waals surface area contributed by atoms with Crippen molar-refractivity contribution < 1.29 is 9.13 Å². The lowest BCUT2D eigenvalue weighted by Gasteiger charge is -2.17. The average molecular weight is 270 g/mol. The summed E-state index contributed by atoms with van der Waals surface area (Å²) in [4.78, 5) is 0. The van der Waals surface area contributed by atoms with E-state index in [1.165, 1.54) is 13.2 Å². The van der Waals surface area contributed by atoms with Gasteiger partial charge in [-0.2, -0.15) is 5.26 Å². The molecule has 1 N–H and O–H groups in total. The molecule has 0 aromatic heterocycles. The second kappa shape index (κ2) is 6.07. The number of hydrogen-bond donors (Lipinski definition) is 1. The van der Waals surface area contributed by atoms with E-state index >= 15 is 0 Å². The van der Waals surface area contributed by atoms with Crippen molar-refractivity contribution >= 4 is 5.69 Å². The Morgan fingerprint density at radius 2 is 2.05 bits per heavy atom. The van der Waals surface area contributed by atoms with Crippen LogP contribution in [0.15, 0.2) is 42.5 Å². The molecule has 1 atom stereocenters. The van der Waals surface area contributed by atoms with Crippen molar-refractivity contribution in [3.63, 3.8) is 0 Å². The Labute approximate surface area is 117 Å². The van der Waals surface area contributed by atoms with Gasteiger partial charge in [0, 0.05) is 17.3 Å². The highest BCUT2D eigenvalue weighted by molar-refractivity contribution is 5.50. The van der Waals surface area contributed by atoms with Crippen LogP contribution < -0.4 is 10.1 Å². The van der Waals surface area contributed by atoms with Gasteiger partial charge in [-0.25, -0.2) is 4.39 Å². The summed E-state index contributed by atoms with van der Waals surface area (Å²) in [6.45, 7) is 1.87. The monoisotopic (exact) mass is 270 g/mol. The maximum absolute atomic E-state index is 14.0. The van der Waals surface area contributed by atoms with Crippen molar-refractivity contribution in [2.45, 2.75) is 13.0 Å². The minimum absolute atomic E-state index is 0.213. The highest BCUT2D eigenvalue weighted by atomic mass is 19.1. The fraction of sp³-hybridized carbons (Fsp3) is 0.188. The molecule has 0 bridgehead atoms. The molecule has 0 spiro atoms. The maximum Gasteiger partial charge on any atom is 0.132 e. The summed E-state index contributed by atoms with van der Waals surface area (Å²) in [5.74, 6) is 0.172. The van der Waals surface area contributed by atoms with Crippen LogP contribution in [0.2, 0.25) is 0 Å². The zero-order valence-corrected chi connectivity index (χ0v) is 11.4. The van der Waals surface area contributed by atoms with Gasteiger partial charge >= 0.3 is 0 Å². The largest absolute Gasteiger partial charge is 0.497 e. The molecular weight excluding hydrogens is 255 g/mol. The predicted molar refractivity (Wildman–Crippen MR) is 76.1 cm³/mol. The molecule has 3 nitrogen and oxygen atoms in total. The Morgan fingerprint density at radius 1 is 1.25 bits per heavy atom. The number of anilines is 1. The lowest BCUT2D eigenvalue weighted by atomic mass is 10.1. The van der Waals surface area contributed by atoms with Crippen molar-refractivity contribution in [2.24, 2.45) is 0 Å². The van der Waals surface area contributed by atoms with Crippen LogP contribution in [0.4, 0.5) is 10.1 Å². The van der Waals surface area contributed by atoms with Crippen molar-refractivity contribution in [3.8, 4) is 11.8 Å². The Balaban J connectivity index is 2.19. The summed E-state index contributed by atoms with van der Waals surface area (Å²) >= 11 is 0. The summed E-state index contributed by atoms with van der Waals surface area (Å²) in [5, 5.41) is 12.0. The number of nitrogens with zero attached hydrogens (tertiary/aromatic N) is 1. The standard InChI is InChI=1S/C16H15FN2O/c1-11(15-7-6-14(20-2)9-16(15)17)19-13-5-3-4-12(8-13)10-18/h3-9,11,19H,1-2H3. The summed E-state index contributed by atoms with van der Waals surface area (Å²) in [7, 11) is 1.50. The first kappa shape index (κ1) is 13.9. The molecular formula is C16H15FN2O. The molecule has 0 amide bonds. The number of benzene rings is 2. The van der Waals surface area contributed by atoms with Crippen LogP contribution in [-0.4, -0.2) is 7.11 Å². The Hall–Kier alpha value is -2.54. The van der Waals surface area contributed by atoms with Crippen molar-refractivity contribution in [2.75, 3.05) is 12.4 Å². The summed E-state index contributed by atoms with van der Waals surface area (Å²) in [5.41, 5.74) is 1.90. The lowest BCUT2D eigenvalue weighted by molar-refractivity contribution is 0.410. The third kappa shape index (κ3) is 3.07. The number of rotatable bonds is 4. The van der Waals surface area contributed by atoms with Gasteiger partial charge in [-0.3, -0.25) is 0 Å². The van der Waals surface area contributed by atoms with Crippen molar-refractivity contribution in [1.82, 2.24) is 0 Å². The van der Waals surface area contributed by atoms with Crippen LogP contribution in [0.3, 0.4) is 0 Å². The van der Waals surface area contributed by atoms with E-state index in [0.29, 0.717) is 16.9 Å². The van der Waals surface area contributed by atoms with E-state index in [9.17, 15) is 4.39 Å². The van der Waals surface area contributed by atoms with Crippen LogP contribution in [0.25, 0.3) is 0 Å². The quantitative estimate of drug-likeness (QED) is 0.917. The molecule has 4 heteroatoms. The van der Waals surface area contributed by atoms with Gasteiger partial charge in [-0.15, -0.1) is 0 Å². The first-order valence-corrected chi connectivity index (χ1v) is 6.24. The average Bonchev–Trinajstić information content (AvgIpc) is 2.47. The predicted octanol–water partition coefficient (Wildman–Crippen LogP) is 3.88. The first-order chi connectivity index (χ1) is 9.63. The number of halogens is 1. The van der Waals surface area contributed by atoms with Gasteiger partial charge in [0.25, 0.3) is 0 Å². The van der Waals surface area contributed by atoms with Gasteiger partial charge in [0.15, 0.2) is 0 Å². The van der Waals surface area contributed by atoms with Crippen LogP contribution in [0, 0.1) is 17.1 Å². The fourth-order valence-corrected chi connectivity index (χ4v) is 1.99. The number of methoxy groups -OCH3 is 1.